The molecule has 0 spiro atoms. The normalized spacial score (nSPS) is 12.8. The van der Waals surface area contributed by atoms with E-state index in [2.05, 4.69) is 118 Å². The standard InChI is InChI=1S/C67H114O6/c1-4-7-10-13-16-19-22-24-26-28-30-32-33-34-35-36-38-39-41-43-45-48-51-54-57-60-66(69)72-63-64(62-71-65(68)59-56-53-50-47-21-18-15-12-9-6-3)73-67(70)61-58-55-52-49-46-44-42-40-37-31-29-27-25-23-20-17-14-11-8-5-2/h7,10,12,15-16,19,24,26,30,32,34-35,38-39,43,45,64H,4-6,8-9,11,13-14,17-18,20-23,25,27-29,31,33,36-37,40-42,44,46-63H2,1-3H3/b10-7-,15-12-,19-16-,26-24-,32-30-,35-34-,39-38-,45-43-. The highest BCUT2D eigenvalue weighted by Crippen LogP contribution is 2.16. The molecule has 0 aliphatic heterocycles. The Bertz CT molecular complexity index is 1440. The van der Waals surface area contributed by atoms with Crippen molar-refractivity contribution in [2.45, 2.75) is 297 Å². The van der Waals surface area contributed by atoms with Crippen LogP contribution in [0.3, 0.4) is 0 Å². The van der Waals surface area contributed by atoms with Crippen LogP contribution in [0.1, 0.15) is 290 Å². The number of carbonyl (C=O) groups excluding carboxylic acids is 3. The Hall–Kier alpha value is -3.67. The smallest absolute Gasteiger partial charge is 0.306 e. The highest BCUT2D eigenvalue weighted by atomic mass is 16.6. The first-order chi connectivity index (χ1) is 36.0. The number of ether oxygens (including phenoxy) is 3. The molecule has 418 valence electrons. The number of carbonyl (C=O) groups is 3. The van der Waals surface area contributed by atoms with Gasteiger partial charge in [0.05, 0.1) is 0 Å². The average molecular weight is 1020 g/mol. The molecule has 1 unspecified atom stereocenters. The van der Waals surface area contributed by atoms with Crippen molar-refractivity contribution in [2.75, 3.05) is 13.2 Å². The second-order valence-electron chi connectivity index (χ2n) is 20.2. The zero-order chi connectivity index (χ0) is 52.9. The fraction of sp³-hybridized carbons (Fsp3) is 0.716. The van der Waals surface area contributed by atoms with E-state index in [1.165, 1.54) is 122 Å². The third kappa shape index (κ3) is 59.1. The molecule has 73 heavy (non-hydrogen) atoms. The van der Waals surface area contributed by atoms with E-state index in [0.29, 0.717) is 19.3 Å². The van der Waals surface area contributed by atoms with Crippen molar-refractivity contribution in [1.29, 1.82) is 0 Å². The molecule has 0 rings (SSSR count). The first-order valence-corrected chi connectivity index (χ1v) is 30.7. The quantitative estimate of drug-likeness (QED) is 0.0261. The zero-order valence-electron chi connectivity index (χ0n) is 47.9. The van der Waals surface area contributed by atoms with Gasteiger partial charge in [0.15, 0.2) is 6.10 Å². The molecule has 0 aromatic rings. The third-order valence-electron chi connectivity index (χ3n) is 13.1. The van der Waals surface area contributed by atoms with E-state index < -0.39 is 6.10 Å². The van der Waals surface area contributed by atoms with Gasteiger partial charge in [0.1, 0.15) is 13.2 Å². The van der Waals surface area contributed by atoms with Crippen molar-refractivity contribution in [3.8, 4) is 0 Å². The number of hydrogen-bond donors (Lipinski definition) is 0. The molecule has 0 aliphatic rings. The molecule has 0 heterocycles. The summed E-state index contributed by atoms with van der Waals surface area (Å²) in [5.74, 6) is -0.927. The molecule has 0 radical (unpaired) electrons. The van der Waals surface area contributed by atoms with E-state index in [1.807, 2.05) is 0 Å². The van der Waals surface area contributed by atoms with Crippen LogP contribution in [0.4, 0.5) is 0 Å². The number of rotatable bonds is 55. The molecule has 0 saturated carbocycles. The van der Waals surface area contributed by atoms with Gasteiger partial charge >= 0.3 is 17.9 Å². The Balaban J connectivity index is 4.34. The topological polar surface area (TPSA) is 78.9 Å². The predicted octanol–water partition coefficient (Wildman–Crippen LogP) is 20.9. The molecule has 0 aliphatic carbocycles. The van der Waals surface area contributed by atoms with Gasteiger partial charge in [0.2, 0.25) is 0 Å². The van der Waals surface area contributed by atoms with E-state index in [0.717, 1.165) is 128 Å². The minimum atomic E-state index is -0.794. The Morgan fingerprint density at radius 2 is 0.562 bits per heavy atom. The average Bonchev–Trinajstić information content (AvgIpc) is 3.39. The summed E-state index contributed by atoms with van der Waals surface area (Å²) < 4.78 is 16.8. The van der Waals surface area contributed by atoms with Gasteiger partial charge in [-0.25, -0.2) is 0 Å². The molecule has 0 aromatic heterocycles. The van der Waals surface area contributed by atoms with Crippen LogP contribution in [-0.4, -0.2) is 37.2 Å². The summed E-state index contributed by atoms with van der Waals surface area (Å²) in [6.45, 7) is 6.45. The van der Waals surface area contributed by atoms with Crippen LogP contribution in [0.5, 0.6) is 0 Å². The highest BCUT2D eigenvalue weighted by Gasteiger charge is 2.19. The highest BCUT2D eigenvalue weighted by molar-refractivity contribution is 5.71. The lowest BCUT2D eigenvalue weighted by molar-refractivity contribution is -0.167. The van der Waals surface area contributed by atoms with Gasteiger partial charge in [-0.15, -0.1) is 0 Å². The van der Waals surface area contributed by atoms with E-state index in [1.54, 1.807) is 0 Å². The molecule has 0 amide bonds. The maximum absolute atomic E-state index is 12.9. The van der Waals surface area contributed by atoms with Crippen LogP contribution in [0.2, 0.25) is 0 Å². The molecule has 0 bridgehead atoms. The summed E-state index contributed by atoms with van der Waals surface area (Å²) in [7, 11) is 0. The number of hydrogen-bond acceptors (Lipinski definition) is 6. The lowest BCUT2D eigenvalue weighted by Crippen LogP contribution is -2.30. The van der Waals surface area contributed by atoms with Crippen LogP contribution in [0.15, 0.2) is 97.2 Å². The molecular formula is C67H114O6. The van der Waals surface area contributed by atoms with Crippen molar-refractivity contribution in [3.05, 3.63) is 97.2 Å². The summed E-state index contributed by atoms with van der Waals surface area (Å²) in [6.07, 6.45) is 81.3. The lowest BCUT2D eigenvalue weighted by atomic mass is 10.0. The first-order valence-electron chi connectivity index (χ1n) is 30.7. The van der Waals surface area contributed by atoms with Crippen LogP contribution in [0, 0.1) is 0 Å². The van der Waals surface area contributed by atoms with Crippen molar-refractivity contribution in [2.24, 2.45) is 0 Å². The predicted molar refractivity (Wildman–Crippen MR) is 316 cm³/mol. The monoisotopic (exact) mass is 1010 g/mol. The maximum atomic E-state index is 12.9. The Labute approximate surface area is 451 Å². The van der Waals surface area contributed by atoms with E-state index in [4.69, 9.17) is 14.2 Å². The fourth-order valence-electron chi connectivity index (χ4n) is 8.48. The van der Waals surface area contributed by atoms with E-state index in [9.17, 15) is 14.4 Å². The van der Waals surface area contributed by atoms with Crippen LogP contribution < -0.4 is 0 Å². The summed E-state index contributed by atoms with van der Waals surface area (Å²) >= 11 is 0. The molecule has 6 heteroatoms. The maximum Gasteiger partial charge on any atom is 0.306 e. The van der Waals surface area contributed by atoms with Crippen LogP contribution in [-0.2, 0) is 28.6 Å². The van der Waals surface area contributed by atoms with E-state index in [-0.39, 0.29) is 31.1 Å². The molecule has 1 atom stereocenters. The van der Waals surface area contributed by atoms with Gasteiger partial charge in [-0.3, -0.25) is 14.4 Å². The minimum absolute atomic E-state index is 0.0912. The van der Waals surface area contributed by atoms with Crippen molar-refractivity contribution in [3.63, 3.8) is 0 Å². The molecule has 6 nitrogen and oxygen atoms in total. The van der Waals surface area contributed by atoms with Gasteiger partial charge in [-0.2, -0.15) is 0 Å². The van der Waals surface area contributed by atoms with Gasteiger partial charge < -0.3 is 14.2 Å². The number of allylic oxidation sites excluding steroid dienone is 16. The zero-order valence-corrected chi connectivity index (χ0v) is 47.9. The molecule has 0 fully saturated rings. The first kappa shape index (κ1) is 69.3. The molecule has 0 aromatic carbocycles. The fourth-order valence-corrected chi connectivity index (χ4v) is 8.48. The number of esters is 3. The second-order valence-corrected chi connectivity index (χ2v) is 20.2. The van der Waals surface area contributed by atoms with Gasteiger partial charge in [-0.05, 0) is 96.3 Å². The Morgan fingerprint density at radius 1 is 0.288 bits per heavy atom. The Kier molecular flexibility index (Phi) is 57.8. The SMILES string of the molecule is CC/C=C\C/C=C\C/C=C\C/C=C\C/C=C\C/C=C\C/C=C\CCCCCC(=O)OCC(COC(=O)CCCCCCC/C=C\CCC)OC(=O)CCCCCCCCCCCCCCCCCCCCCC. The summed E-state index contributed by atoms with van der Waals surface area (Å²) in [5, 5.41) is 0. The third-order valence-corrected chi connectivity index (χ3v) is 13.1. The molecule has 0 saturated heterocycles. The largest absolute Gasteiger partial charge is 0.462 e. The number of unbranched alkanes of at least 4 members (excludes halogenated alkanes) is 28. The van der Waals surface area contributed by atoms with Gasteiger partial charge in [-0.1, -0.05) is 272 Å². The summed E-state index contributed by atoms with van der Waals surface area (Å²) in [4.78, 5) is 38.2. The summed E-state index contributed by atoms with van der Waals surface area (Å²) in [6, 6.07) is 0. The molecular weight excluding hydrogens is 901 g/mol. The minimum Gasteiger partial charge on any atom is -0.462 e. The van der Waals surface area contributed by atoms with Crippen LogP contribution in [0.25, 0.3) is 0 Å². The second kappa shape index (κ2) is 60.9. The van der Waals surface area contributed by atoms with Crippen molar-refractivity contribution < 1.29 is 28.6 Å². The molecule has 0 N–H and O–H groups in total. The van der Waals surface area contributed by atoms with Crippen molar-refractivity contribution in [1.82, 2.24) is 0 Å². The van der Waals surface area contributed by atoms with E-state index >= 15 is 0 Å². The lowest BCUT2D eigenvalue weighted by Gasteiger charge is -2.18. The summed E-state index contributed by atoms with van der Waals surface area (Å²) in [5.41, 5.74) is 0. The van der Waals surface area contributed by atoms with Gasteiger partial charge in [0.25, 0.3) is 0 Å². The van der Waals surface area contributed by atoms with Crippen molar-refractivity contribution >= 4 is 17.9 Å². The van der Waals surface area contributed by atoms with Crippen LogP contribution >= 0.6 is 0 Å². The van der Waals surface area contributed by atoms with Gasteiger partial charge in [0, 0.05) is 19.3 Å². The Morgan fingerprint density at radius 3 is 0.918 bits per heavy atom.